The number of piperidine rings is 1. The number of aliphatic hydroxyl groups excluding tert-OH is 1. The molecule has 0 spiro atoms. The third kappa shape index (κ3) is 8.87. The topological polar surface area (TPSA) is 54.0 Å². The molecule has 0 aromatic carbocycles. The van der Waals surface area contributed by atoms with Gasteiger partial charge in [-0.2, -0.15) is 0 Å². The number of hydrogen-bond acceptors (Lipinski definition) is 5. The van der Waals surface area contributed by atoms with Crippen LogP contribution in [0.4, 0.5) is 0 Å². The minimum Gasteiger partial charge on any atom is -0.389 e. The van der Waals surface area contributed by atoms with E-state index in [1.54, 1.807) is 0 Å². The molecule has 1 saturated heterocycles. The van der Waals surface area contributed by atoms with Crippen LogP contribution in [0.3, 0.4) is 0 Å². The normalized spacial score (nSPS) is 19.6. The van der Waals surface area contributed by atoms with E-state index in [4.69, 9.17) is 9.47 Å². The molecule has 0 bridgehead atoms. The van der Waals surface area contributed by atoms with Gasteiger partial charge in [-0.15, -0.1) is 0 Å². The Kier molecular flexibility index (Phi) is 9.39. The average molecular weight is 288 g/mol. The second kappa shape index (κ2) is 10.5. The van der Waals surface area contributed by atoms with E-state index in [0.29, 0.717) is 26.4 Å². The van der Waals surface area contributed by atoms with E-state index in [-0.39, 0.29) is 6.10 Å². The molecule has 0 aliphatic carbocycles. The van der Waals surface area contributed by atoms with Crippen molar-refractivity contribution in [3.05, 3.63) is 0 Å². The van der Waals surface area contributed by atoms with Gasteiger partial charge in [-0.05, 0) is 59.3 Å². The van der Waals surface area contributed by atoms with E-state index in [1.165, 1.54) is 25.9 Å². The van der Waals surface area contributed by atoms with Crippen LogP contribution in [0, 0.1) is 5.92 Å². The Morgan fingerprint density at radius 1 is 1.25 bits per heavy atom. The van der Waals surface area contributed by atoms with Gasteiger partial charge in [0.05, 0.1) is 32.0 Å². The lowest BCUT2D eigenvalue weighted by Gasteiger charge is -2.29. The Bertz CT molecular complexity index is 231. The predicted octanol–water partition coefficient (Wildman–Crippen LogP) is 0.720. The van der Waals surface area contributed by atoms with Crippen molar-refractivity contribution in [2.75, 3.05) is 53.0 Å². The van der Waals surface area contributed by atoms with Crippen molar-refractivity contribution in [3.8, 4) is 0 Å². The van der Waals surface area contributed by atoms with Crippen molar-refractivity contribution in [2.24, 2.45) is 5.92 Å². The molecule has 120 valence electrons. The van der Waals surface area contributed by atoms with E-state index in [9.17, 15) is 5.11 Å². The van der Waals surface area contributed by atoms with E-state index in [2.05, 4.69) is 17.3 Å². The number of hydrogen-bond donors (Lipinski definition) is 2. The molecule has 1 aliphatic heterocycles. The van der Waals surface area contributed by atoms with Gasteiger partial charge in [-0.3, -0.25) is 0 Å². The minimum absolute atomic E-state index is 0.236. The van der Waals surface area contributed by atoms with E-state index >= 15 is 0 Å². The second-order valence-electron chi connectivity index (χ2n) is 6.05. The number of likely N-dealkylation sites (tertiary alicyclic amines) is 1. The van der Waals surface area contributed by atoms with Crippen molar-refractivity contribution in [3.63, 3.8) is 0 Å². The maximum atomic E-state index is 9.79. The summed E-state index contributed by atoms with van der Waals surface area (Å²) in [5.74, 6) is 0.749. The molecule has 1 aliphatic rings. The maximum Gasteiger partial charge on any atom is 0.0897 e. The van der Waals surface area contributed by atoms with Gasteiger partial charge in [-0.1, -0.05) is 0 Å². The van der Waals surface area contributed by atoms with Crippen LogP contribution >= 0.6 is 0 Å². The molecule has 20 heavy (non-hydrogen) atoms. The molecule has 0 amide bonds. The van der Waals surface area contributed by atoms with Crippen LogP contribution in [-0.4, -0.2) is 75.3 Å². The molecular weight excluding hydrogens is 256 g/mol. The fourth-order valence-electron chi connectivity index (χ4n) is 2.34. The van der Waals surface area contributed by atoms with E-state index in [1.807, 2.05) is 13.8 Å². The Labute approximate surface area is 123 Å². The fourth-order valence-corrected chi connectivity index (χ4v) is 2.34. The number of aliphatic hydroxyl groups is 1. The summed E-state index contributed by atoms with van der Waals surface area (Å²) in [7, 11) is 2.17. The highest BCUT2D eigenvalue weighted by atomic mass is 16.5. The first-order valence-electron chi connectivity index (χ1n) is 7.84. The highest BCUT2D eigenvalue weighted by Crippen LogP contribution is 2.14. The third-order valence-electron chi connectivity index (χ3n) is 3.64. The van der Waals surface area contributed by atoms with E-state index in [0.717, 1.165) is 12.5 Å². The maximum absolute atomic E-state index is 9.79. The number of rotatable bonds is 10. The lowest BCUT2D eigenvalue weighted by molar-refractivity contribution is -0.0102. The molecule has 1 fully saturated rings. The molecule has 2 N–H and O–H groups in total. The summed E-state index contributed by atoms with van der Waals surface area (Å²) in [6, 6.07) is 0. The molecule has 5 nitrogen and oxygen atoms in total. The summed E-state index contributed by atoms with van der Waals surface area (Å²) in [6.07, 6.45) is 2.31. The van der Waals surface area contributed by atoms with Crippen molar-refractivity contribution in [1.82, 2.24) is 10.2 Å². The van der Waals surface area contributed by atoms with Crippen LogP contribution in [0.5, 0.6) is 0 Å². The molecule has 1 heterocycles. The van der Waals surface area contributed by atoms with Crippen LogP contribution in [0.2, 0.25) is 0 Å². The first-order chi connectivity index (χ1) is 9.58. The Morgan fingerprint density at radius 3 is 2.60 bits per heavy atom. The molecule has 5 heteroatoms. The van der Waals surface area contributed by atoms with Crippen LogP contribution in [0.1, 0.15) is 26.7 Å². The van der Waals surface area contributed by atoms with Gasteiger partial charge >= 0.3 is 0 Å². The fraction of sp³-hybridized carbons (Fsp3) is 1.00. The van der Waals surface area contributed by atoms with Crippen LogP contribution < -0.4 is 5.32 Å². The number of nitrogens with one attached hydrogen (secondary N) is 1. The zero-order valence-corrected chi connectivity index (χ0v) is 13.3. The lowest BCUT2D eigenvalue weighted by Crippen LogP contribution is -2.38. The number of ether oxygens (including phenoxy) is 2. The van der Waals surface area contributed by atoms with Crippen molar-refractivity contribution < 1.29 is 14.6 Å². The Morgan fingerprint density at radius 2 is 1.95 bits per heavy atom. The first-order valence-corrected chi connectivity index (χ1v) is 7.84. The highest BCUT2D eigenvalue weighted by Gasteiger charge is 2.16. The zero-order valence-electron chi connectivity index (χ0n) is 13.3. The molecule has 1 rings (SSSR count). The minimum atomic E-state index is -0.430. The van der Waals surface area contributed by atoms with Crippen LogP contribution in [0.15, 0.2) is 0 Å². The molecule has 0 saturated carbocycles. The summed E-state index contributed by atoms with van der Waals surface area (Å²) in [5.41, 5.74) is 0. The highest BCUT2D eigenvalue weighted by molar-refractivity contribution is 4.72. The standard InChI is InChI=1S/C15H32N2O3/c1-13(2)20-9-8-19-12-15(18)11-16-10-14-4-6-17(3)7-5-14/h13-16,18H,4-12H2,1-3H3. The smallest absolute Gasteiger partial charge is 0.0897 e. The van der Waals surface area contributed by atoms with Gasteiger partial charge < -0.3 is 24.8 Å². The van der Waals surface area contributed by atoms with Gasteiger partial charge in [0.25, 0.3) is 0 Å². The molecule has 0 aromatic rings. The number of nitrogens with zero attached hydrogens (tertiary/aromatic N) is 1. The van der Waals surface area contributed by atoms with Crippen LogP contribution in [0.25, 0.3) is 0 Å². The summed E-state index contributed by atoms with van der Waals surface area (Å²) in [5, 5.41) is 13.1. The van der Waals surface area contributed by atoms with E-state index < -0.39 is 6.10 Å². The molecule has 0 aromatic heterocycles. The molecule has 1 unspecified atom stereocenters. The first kappa shape index (κ1) is 17.9. The Balaban J connectivity index is 1.91. The quantitative estimate of drug-likeness (QED) is 0.580. The van der Waals surface area contributed by atoms with Crippen molar-refractivity contribution >= 4 is 0 Å². The van der Waals surface area contributed by atoms with Crippen molar-refractivity contribution in [1.29, 1.82) is 0 Å². The summed E-state index contributed by atoms with van der Waals surface area (Å²) in [4.78, 5) is 2.37. The van der Waals surface area contributed by atoms with Gasteiger partial charge in [0, 0.05) is 6.54 Å². The monoisotopic (exact) mass is 288 g/mol. The molecule has 1 atom stereocenters. The summed E-state index contributed by atoms with van der Waals surface area (Å²) >= 11 is 0. The van der Waals surface area contributed by atoms with Crippen LogP contribution in [-0.2, 0) is 9.47 Å². The van der Waals surface area contributed by atoms with Gasteiger partial charge in [0.15, 0.2) is 0 Å². The lowest BCUT2D eigenvalue weighted by atomic mass is 9.97. The van der Waals surface area contributed by atoms with Gasteiger partial charge in [0.1, 0.15) is 0 Å². The summed E-state index contributed by atoms with van der Waals surface area (Å²) < 4.78 is 10.7. The largest absolute Gasteiger partial charge is 0.389 e. The molecular formula is C15H32N2O3. The predicted molar refractivity (Wildman–Crippen MR) is 81.0 cm³/mol. The second-order valence-corrected chi connectivity index (χ2v) is 6.05. The van der Waals surface area contributed by atoms with Crippen molar-refractivity contribution in [2.45, 2.75) is 38.9 Å². The SMILES string of the molecule is CC(C)OCCOCC(O)CNCC1CCN(C)CC1. The molecule has 0 radical (unpaired) electrons. The summed E-state index contributed by atoms with van der Waals surface area (Å²) in [6.45, 7) is 9.50. The average Bonchev–Trinajstić information content (AvgIpc) is 2.40. The van der Waals surface area contributed by atoms with Gasteiger partial charge in [0.2, 0.25) is 0 Å². The Hall–Kier alpha value is -0.200. The van der Waals surface area contributed by atoms with Gasteiger partial charge in [-0.25, -0.2) is 0 Å². The third-order valence-corrected chi connectivity index (χ3v) is 3.64. The zero-order chi connectivity index (χ0) is 14.8.